The van der Waals surface area contributed by atoms with Gasteiger partial charge < -0.3 is 20.3 Å². The Morgan fingerprint density at radius 3 is 2.73 bits per heavy atom. The molecule has 162 valence electrons. The number of nitrogens with one attached hydrogen (secondary N) is 2. The Morgan fingerprint density at radius 1 is 1.30 bits per heavy atom. The van der Waals surface area contributed by atoms with Gasteiger partial charge in [0.25, 0.3) is 0 Å². The first-order valence-electron chi connectivity index (χ1n) is 9.96. The molecule has 3 heterocycles. The summed E-state index contributed by atoms with van der Waals surface area (Å²) in [7, 11) is 3.50. The molecular formula is C21H28ClN5O3. The number of hydrogen-bond acceptors (Lipinski definition) is 5. The van der Waals surface area contributed by atoms with Gasteiger partial charge in [0.05, 0.1) is 19.2 Å². The van der Waals surface area contributed by atoms with Gasteiger partial charge in [0.1, 0.15) is 11.8 Å². The van der Waals surface area contributed by atoms with Crippen LogP contribution < -0.4 is 15.4 Å². The summed E-state index contributed by atoms with van der Waals surface area (Å²) in [6.45, 7) is 2.54. The highest BCUT2D eigenvalue weighted by Gasteiger charge is 2.38. The molecule has 8 nitrogen and oxygen atoms in total. The molecule has 1 aromatic heterocycles. The number of carbonyl (C=O) groups excluding carboxylic acids is 2. The third-order valence-electron chi connectivity index (χ3n) is 5.85. The summed E-state index contributed by atoms with van der Waals surface area (Å²) in [5.41, 5.74) is 2.10. The summed E-state index contributed by atoms with van der Waals surface area (Å²) in [4.78, 5) is 27.5. The van der Waals surface area contributed by atoms with Crippen LogP contribution in [0.1, 0.15) is 23.5 Å². The maximum Gasteiger partial charge on any atom is 0.245 e. The molecule has 30 heavy (non-hydrogen) atoms. The molecule has 2 N–H and O–H groups in total. The summed E-state index contributed by atoms with van der Waals surface area (Å²) in [5, 5.41) is 10.5. The zero-order valence-corrected chi connectivity index (χ0v) is 18.0. The standard InChI is InChI=1S/C21H27N5O3.ClH/c1-25-13-15(9-23-25)17-10-22-11-18(17)20(27)24-19-7-8-26(21(19)28)12-14-3-5-16(29-2)6-4-14;/h3-6,9,13,17-19,22H,7-8,10-12H2,1-2H3,(H,24,27);1H/t17-,18+,19?;/m1./s1. The number of likely N-dealkylation sites (tertiary alicyclic amines) is 1. The van der Waals surface area contributed by atoms with Crippen molar-refractivity contribution in [1.29, 1.82) is 0 Å². The van der Waals surface area contributed by atoms with Crippen molar-refractivity contribution in [3.05, 3.63) is 47.8 Å². The molecule has 2 saturated heterocycles. The lowest BCUT2D eigenvalue weighted by molar-refractivity contribution is -0.134. The van der Waals surface area contributed by atoms with Crippen molar-refractivity contribution in [2.45, 2.75) is 24.9 Å². The van der Waals surface area contributed by atoms with E-state index in [1.54, 1.807) is 16.7 Å². The van der Waals surface area contributed by atoms with Crippen LogP contribution >= 0.6 is 12.4 Å². The first kappa shape index (κ1) is 22.1. The number of benzene rings is 1. The number of aromatic nitrogens is 2. The number of amides is 2. The monoisotopic (exact) mass is 433 g/mol. The summed E-state index contributed by atoms with van der Waals surface area (Å²) in [5.74, 6) is 0.602. The average Bonchev–Trinajstić information content (AvgIpc) is 3.45. The van der Waals surface area contributed by atoms with Gasteiger partial charge in [-0.15, -0.1) is 12.4 Å². The lowest BCUT2D eigenvalue weighted by atomic mass is 9.90. The van der Waals surface area contributed by atoms with Crippen LogP contribution in [0.3, 0.4) is 0 Å². The maximum atomic E-state index is 12.9. The Hall–Kier alpha value is -2.58. The fraction of sp³-hybridized carbons (Fsp3) is 0.476. The third-order valence-corrected chi connectivity index (χ3v) is 5.85. The predicted octanol–water partition coefficient (Wildman–Crippen LogP) is 1.07. The van der Waals surface area contributed by atoms with Gasteiger partial charge in [-0.3, -0.25) is 14.3 Å². The number of hydrogen-bond donors (Lipinski definition) is 2. The number of carbonyl (C=O) groups is 2. The molecular weight excluding hydrogens is 406 g/mol. The van der Waals surface area contributed by atoms with Crippen LogP contribution in [0.2, 0.25) is 0 Å². The van der Waals surface area contributed by atoms with E-state index in [0.717, 1.165) is 23.4 Å². The molecule has 2 fully saturated rings. The summed E-state index contributed by atoms with van der Waals surface area (Å²) in [6.07, 6.45) is 4.41. The van der Waals surface area contributed by atoms with Gasteiger partial charge in [-0.25, -0.2) is 0 Å². The quantitative estimate of drug-likeness (QED) is 0.711. The summed E-state index contributed by atoms with van der Waals surface area (Å²) in [6, 6.07) is 7.25. The van der Waals surface area contributed by atoms with E-state index in [1.807, 2.05) is 43.7 Å². The van der Waals surface area contributed by atoms with E-state index >= 15 is 0 Å². The smallest absolute Gasteiger partial charge is 0.245 e. The average molecular weight is 434 g/mol. The van der Waals surface area contributed by atoms with Gasteiger partial charge in [0.2, 0.25) is 11.8 Å². The minimum Gasteiger partial charge on any atom is -0.497 e. The fourth-order valence-electron chi connectivity index (χ4n) is 4.20. The van der Waals surface area contributed by atoms with Crippen LogP contribution in [-0.4, -0.2) is 59.3 Å². The number of nitrogens with zero attached hydrogens (tertiary/aromatic N) is 3. The second kappa shape index (κ2) is 9.49. The molecule has 2 aliphatic rings. The number of ether oxygens (including phenoxy) is 1. The third kappa shape index (κ3) is 4.60. The Kier molecular flexibility index (Phi) is 6.99. The zero-order valence-electron chi connectivity index (χ0n) is 17.2. The van der Waals surface area contributed by atoms with Crippen LogP contribution in [-0.2, 0) is 23.2 Å². The van der Waals surface area contributed by atoms with Crippen molar-refractivity contribution in [2.24, 2.45) is 13.0 Å². The molecule has 9 heteroatoms. The number of rotatable bonds is 6. The van der Waals surface area contributed by atoms with Gasteiger partial charge in [-0.1, -0.05) is 12.1 Å². The van der Waals surface area contributed by atoms with Gasteiger partial charge in [-0.2, -0.15) is 5.10 Å². The normalized spacial score (nSPS) is 23.3. The van der Waals surface area contributed by atoms with Crippen LogP contribution in [0.15, 0.2) is 36.7 Å². The lowest BCUT2D eigenvalue weighted by Gasteiger charge is -2.20. The van der Waals surface area contributed by atoms with Crippen molar-refractivity contribution in [2.75, 3.05) is 26.7 Å². The molecule has 2 amide bonds. The highest BCUT2D eigenvalue weighted by Crippen LogP contribution is 2.28. The van der Waals surface area contributed by atoms with E-state index in [0.29, 0.717) is 26.1 Å². The van der Waals surface area contributed by atoms with Crippen molar-refractivity contribution < 1.29 is 14.3 Å². The summed E-state index contributed by atoms with van der Waals surface area (Å²) >= 11 is 0. The minimum atomic E-state index is -0.448. The molecule has 2 aromatic rings. The number of aryl methyl sites for hydroxylation is 1. The highest BCUT2D eigenvalue weighted by atomic mass is 35.5. The van der Waals surface area contributed by atoms with E-state index in [4.69, 9.17) is 4.74 Å². The van der Waals surface area contributed by atoms with E-state index in [2.05, 4.69) is 15.7 Å². The van der Waals surface area contributed by atoms with Gasteiger partial charge in [0, 0.05) is 45.3 Å². The van der Waals surface area contributed by atoms with Crippen molar-refractivity contribution in [3.8, 4) is 5.75 Å². The van der Waals surface area contributed by atoms with E-state index < -0.39 is 6.04 Å². The van der Waals surface area contributed by atoms with Gasteiger partial charge >= 0.3 is 0 Å². The lowest BCUT2D eigenvalue weighted by Crippen LogP contribution is -2.45. The van der Waals surface area contributed by atoms with E-state index in [9.17, 15) is 9.59 Å². The molecule has 4 rings (SSSR count). The highest BCUT2D eigenvalue weighted by molar-refractivity contribution is 5.90. The molecule has 0 bridgehead atoms. The van der Waals surface area contributed by atoms with Crippen molar-refractivity contribution >= 4 is 24.2 Å². The van der Waals surface area contributed by atoms with Crippen LogP contribution in [0, 0.1) is 5.92 Å². The Morgan fingerprint density at radius 2 is 2.07 bits per heavy atom. The molecule has 0 spiro atoms. The Bertz CT molecular complexity index is 885. The minimum absolute atomic E-state index is 0. The largest absolute Gasteiger partial charge is 0.497 e. The van der Waals surface area contributed by atoms with Crippen molar-refractivity contribution in [1.82, 2.24) is 25.3 Å². The molecule has 3 atom stereocenters. The molecule has 0 radical (unpaired) electrons. The number of halogens is 1. The Balaban J connectivity index is 0.00000256. The first-order chi connectivity index (χ1) is 14.0. The summed E-state index contributed by atoms with van der Waals surface area (Å²) < 4.78 is 6.92. The van der Waals surface area contributed by atoms with Crippen LogP contribution in [0.25, 0.3) is 0 Å². The van der Waals surface area contributed by atoms with Gasteiger partial charge in [-0.05, 0) is 29.7 Å². The maximum absolute atomic E-state index is 12.9. The molecule has 0 aliphatic carbocycles. The zero-order chi connectivity index (χ0) is 20.4. The Labute approximate surface area is 182 Å². The SMILES string of the molecule is COc1ccc(CN2CCC(NC(=O)[C@H]3CNC[C@@H]3c3cnn(C)c3)C2=O)cc1.Cl. The van der Waals surface area contributed by atoms with Gasteiger partial charge in [0.15, 0.2) is 0 Å². The van der Waals surface area contributed by atoms with E-state index in [1.165, 1.54) is 0 Å². The molecule has 0 saturated carbocycles. The number of methoxy groups -OCH3 is 1. The van der Waals surface area contributed by atoms with Crippen LogP contribution in [0.4, 0.5) is 0 Å². The molecule has 2 aliphatic heterocycles. The first-order valence-corrected chi connectivity index (χ1v) is 9.96. The molecule has 1 unspecified atom stereocenters. The fourth-order valence-corrected chi connectivity index (χ4v) is 4.20. The van der Waals surface area contributed by atoms with E-state index in [-0.39, 0.29) is 36.1 Å². The van der Waals surface area contributed by atoms with Crippen molar-refractivity contribution in [3.63, 3.8) is 0 Å². The second-order valence-electron chi connectivity index (χ2n) is 7.78. The van der Waals surface area contributed by atoms with Crippen LogP contribution in [0.5, 0.6) is 5.75 Å². The topological polar surface area (TPSA) is 88.5 Å². The second-order valence-corrected chi connectivity index (χ2v) is 7.78. The molecule has 1 aromatic carbocycles. The predicted molar refractivity (Wildman–Crippen MR) is 115 cm³/mol.